The van der Waals surface area contributed by atoms with E-state index in [4.69, 9.17) is 5.73 Å². The van der Waals surface area contributed by atoms with Gasteiger partial charge < -0.3 is 16.2 Å². The maximum atomic E-state index is 14.2. The minimum atomic E-state index is -0.311. The summed E-state index contributed by atoms with van der Waals surface area (Å²) in [6.07, 6.45) is 4.85. The number of nitrogens with one attached hydrogen (secondary N) is 2. The fraction of sp³-hybridized carbons (Fsp3) is 0.368. The van der Waals surface area contributed by atoms with E-state index in [2.05, 4.69) is 20.5 Å². The van der Waals surface area contributed by atoms with Gasteiger partial charge in [-0.15, -0.1) is 0 Å². The van der Waals surface area contributed by atoms with Gasteiger partial charge in [-0.25, -0.2) is 9.37 Å². The van der Waals surface area contributed by atoms with Crippen molar-refractivity contribution in [2.24, 2.45) is 5.73 Å². The van der Waals surface area contributed by atoms with Crippen LogP contribution in [-0.4, -0.2) is 32.4 Å². The number of halogens is 1. The Kier molecular flexibility index (Phi) is 4.57. The lowest BCUT2D eigenvalue weighted by Crippen LogP contribution is -2.28. The Morgan fingerprint density at radius 1 is 1.23 bits per heavy atom. The highest BCUT2D eigenvalue weighted by Gasteiger charge is 2.22. The molecule has 0 atom stereocenters. The normalized spacial score (nSPS) is 20.4. The molecule has 1 aliphatic rings. The molecule has 4 rings (SSSR count). The molecule has 3 aromatic rings. The number of aliphatic hydroxyl groups excluding tert-OH is 1. The fourth-order valence-corrected chi connectivity index (χ4v) is 3.59. The number of anilines is 1. The third kappa shape index (κ3) is 3.15. The van der Waals surface area contributed by atoms with E-state index in [0.29, 0.717) is 17.0 Å². The van der Waals surface area contributed by atoms with Crippen molar-refractivity contribution in [3.63, 3.8) is 0 Å². The van der Waals surface area contributed by atoms with E-state index in [1.807, 2.05) is 12.1 Å². The Bertz CT molecular complexity index is 917. The van der Waals surface area contributed by atoms with Crippen molar-refractivity contribution >= 4 is 16.9 Å². The highest BCUT2D eigenvalue weighted by atomic mass is 19.1. The molecule has 1 aliphatic carbocycles. The van der Waals surface area contributed by atoms with Gasteiger partial charge in [0.2, 0.25) is 0 Å². The summed E-state index contributed by atoms with van der Waals surface area (Å²) in [5, 5.41) is 21.3. The maximum Gasteiger partial charge on any atom is 0.158 e. The third-order valence-corrected chi connectivity index (χ3v) is 5.08. The van der Waals surface area contributed by atoms with Gasteiger partial charge in [0.05, 0.1) is 11.5 Å². The standard InChI is InChI=1S/C19H22FN5O/c20-16-9-11(1-2-12(16)10-21)15-7-8-22-18-17(15)19(25-24-18)23-13-3-5-14(26)6-4-13/h1-2,7-9,13-14,26H,3-6,10,21H2,(H2,22,23,24,25)/t13-,14-. The molecule has 0 spiro atoms. The molecule has 26 heavy (non-hydrogen) atoms. The Morgan fingerprint density at radius 3 is 2.77 bits per heavy atom. The average Bonchev–Trinajstić information content (AvgIpc) is 3.06. The SMILES string of the molecule is NCc1ccc(-c2ccnc3[nH]nc(N[C@H]4CC[C@H](O)CC4)c23)cc1F. The number of hydrogen-bond acceptors (Lipinski definition) is 5. The summed E-state index contributed by atoms with van der Waals surface area (Å²) in [4.78, 5) is 4.34. The van der Waals surface area contributed by atoms with Crippen LogP contribution in [0.2, 0.25) is 0 Å². The highest BCUT2D eigenvalue weighted by Crippen LogP contribution is 2.33. The molecule has 1 aromatic carbocycles. The topological polar surface area (TPSA) is 99.9 Å². The summed E-state index contributed by atoms with van der Waals surface area (Å²) < 4.78 is 14.2. The van der Waals surface area contributed by atoms with Gasteiger partial charge in [0, 0.05) is 24.3 Å². The van der Waals surface area contributed by atoms with Crippen LogP contribution in [0.15, 0.2) is 30.5 Å². The summed E-state index contributed by atoms with van der Waals surface area (Å²) in [5.74, 6) is 0.405. The summed E-state index contributed by atoms with van der Waals surface area (Å²) in [6, 6.07) is 7.21. The van der Waals surface area contributed by atoms with E-state index >= 15 is 0 Å². The molecular formula is C19H22FN5O. The maximum absolute atomic E-state index is 14.2. The second-order valence-electron chi connectivity index (χ2n) is 6.81. The van der Waals surface area contributed by atoms with Crippen LogP contribution >= 0.6 is 0 Å². The first-order chi connectivity index (χ1) is 12.7. The Morgan fingerprint density at radius 2 is 2.04 bits per heavy atom. The van der Waals surface area contributed by atoms with Crippen LogP contribution in [0.25, 0.3) is 22.2 Å². The number of hydrogen-bond donors (Lipinski definition) is 4. The van der Waals surface area contributed by atoms with Gasteiger partial charge in [0.15, 0.2) is 11.5 Å². The van der Waals surface area contributed by atoms with Crippen LogP contribution in [0.1, 0.15) is 31.2 Å². The van der Waals surface area contributed by atoms with Crippen molar-refractivity contribution in [3.8, 4) is 11.1 Å². The molecule has 5 N–H and O–H groups in total. The molecule has 2 heterocycles. The minimum absolute atomic E-state index is 0.171. The lowest BCUT2D eigenvalue weighted by Gasteiger charge is -2.26. The summed E-state index contributed by atoms with van der Waals surface area (Å²) in [6.45, 7) is 0.171. The van der Waals surface area contributed by atoms with E-state index in [1.54, 1.807) is 12.3 Å². The Hall–Kier alpha value is -2.51. The lowest BCUT2D eigenvalue weighted by molar-refractivity contribution is 0.126. The zero-order valence-corrected chi connectivity index (χ0v) is 14.4. The van der Waals surface area contributed by atoms with Gasteiger partial charge in [-0.2, -0.15) is 5.10 Å². The molecular weight excluding hydrogens is 333 g/mol. The van der Waals surface area contributed by atoms with Crippen molar-refractivity contribution in [1.29, 1.82) is 0 Å². The van der Waals surface area contributed by atoms with Crippen molar-refractivity contribution in [3.05, 3.63) is 41.8 Å². The highest BCUT2D eigenvalue weighted by molar-refractivity contribution is 6.00. The van der Waals surface area contributed by atoms with Crippen molar-refractivity contribution in [2.45, 2.75) is 44.4 Å². The molecule has 0 unspecified atom stereocenters. The van der Waals surface area contributed by atoms with Crippen molar-refractivity contribution in [2.75, 3.05) is 5.32 Å². The Balaban J connectivity index is 1.71. The molecule has 2 aromatic heterocycles. The molecule has 136 valence electrons. The molecule has 0 saturated heterocycles. The zero-order chi connectivity index (χ0) is 18.1. The number of rotatable bonds is 4. The second-order valence-corrected chi connectivity index (χ2v) is 6.81. The second kappa shape index (κ2) is 7.01. The molecule has 0 radical (unpaired) electrons. The molecule has 0 bridgehead atoms. The first kappa shape index (κ1) is 16.9. The molecule has 0 amide bonds. The number of H-pyrrole nitrogens is 1. The van der Waals surface area contributed by atoms with Crippen LogP contribution in [0, 0.1) is 5.82 Å². The van der Waals surface area contributed by atoms with Gasteiger partial charge in [0.25, 0.3) is 0 Å². The van der Waals surface area contributed by atoms with E-state index < -0.39 is 0 Å². The summed E-state index contributed by atoms with van der Waals surface area (Å²) in [5.41, 5.74) is 8.33. The number of fused-ring (bicyclic) bond motifs is 1. The number of pyridine rings is 1. The smallest absolute Gasteiger partial charge is 0.158 e. The first-order valence-corrected chi connectivity index (χ1v) is 8.92. The van der Waals surface area contributed by atoms with Crippen LogP contribution < -0.4 is 11.1 Å². The number of aromatic amines is 1. The molecule has 0 aliphatic heterocycles. The van der Waals surface area contributed by atoms with Crippen molar-refractivity contribution in [1.82, 2.24) is 15.2 Å². The van der Waals surface area contributed by atoms with E-state index in [0.717, 1.165) is 42.2 Å². The van der Waals surface area contributed by atoms with Gasteiger partial charge in [-0.1, -0.05) is 12.1 Å². The van der Waals surface area contributed by atoms with Gasteiger partial charge in [-0.3, -0.25) is 5.10 Å². The van der Waals surface area contributed by atoms with Gasteiger partial charge in [0.1, 0.15) is 5.82 Å². The predicted molar refractivity (Wildman–Crippen MR) is 99.1 cm³/mol. The van der Waals surface area contributed by atoms with E-state index in [-0.39, 0.29) is 24.5 Å². The number of nitrogens with two attached hydrogens (primary N) is 1. The van der Waals surface area contributed by atoms with Crippen LogP contribution in [0.3, 0.4) is 0 Å². The molecule has 1 saturated carbocycles. The molecule has 7 heteroatoms. The zero-order valence-electron chi connectivity index (χ0n) is 14.4. The largest absolute Gasteiger partial charge is 0.393 e. The van der Waals surface area contributed by atoms with Crippen molar-refractivity contribution < 1.29 is 9.50 Å². The van der Waals surface area contributed by atoms with E-state index in [9.17, 15) is 9.50 Å². The number of benzene rings is 1. The monoisotopic (exact) mass is 355 g/mol. The molecule has 1 fully saturated rings. The van der Waals surface area contributed by atoms with Crippen LogP contribution in [0.4, 0.5) is 10.2 Å². The van der Waals surface area contributed by atoms with Crippen LogP contribution in [-0.2, 0) is 6.54 Å². The van der Waals surface area contributed by atoms with Gasteiger partial charge in [-0.05, 0) is 48.9 Å². The fourth-order valence-electron chi connectivity index (χ4n) is 3.59. The first-order valence-electron chi connectivity index (χ1n) is 8.92. The summed E-state index contributed by atoms with van der Waals surface area (Å²) in [7, 11) is 0. The van der Waals surface area contributed by atoms with Crippen LogP contribution in [0.5, 0.6) is 0 Å². The summed E-state index contributed by atoms with van der Waals surface area (Å²) >= 11 is 0. The third-order valence-electron chi connectivity index (χ3n) is 5.08. The average molecular weight is 355 g/mol. The molecule has 6 nitrogen and oxygen atoms in total. The van der Waals surface area contributed by atoms with Gasteiger partial charge >= 0.3 is 0 Å². The Labute approximate surface area is 150 Å². The quantitative estimate of drug-likeness (QED) is 0.577. The number of nitrogens with zero attached hydrogens (tertiary/aromatic N) is 2. The van der Waals surface area contributed by atoms with E-state index in [1.165, 1.54) is 6.07 Å². The number of aliphatic hydroxyl groups is 1. The predicted octanol–water partition coefficient (Wildman–Crippen LogP) is 2.94. The lowest BCUT2D eigenvalue weighted by atomic mass is 9.93. The number of aromatic nitrogens is 3. The minimum Gasteiger partial charge on any atom is -0.393 e.